The predicted molar refractivity (Wildman–Crippen MR) is 74.3 cm³/mol. The van der Waals surface area contributed by atoms with Gasteiger partial charge in [0.15, 0.2) is 0 Å². The molecule has 90 valence electrons. The first-order chi connectivity index (χ1) is 8.33. The van der Waals surface area contributed by atoms with Crippen molar-refractivity contribution in [2.45, 2.75) is 18.9 Å². The molecule has 0 bridgehead atoms. The summed E-state index contributed by atoms with van der Waals surface area (Å²) in [5.74, 6) is 1.10. The molecular formula is C14H17NOS. The van der Waals surface area contributed by atoms with E-state index in [4.69, 9.17) is 0 Å². The van der Waals surface area contributed by atoms with Gasteiger partial charge in [-0.05, 0) is 41.9 Å². The molecule has 0 fully saturated rings. The summed E-state index contributed by atoms with van der Waals surface area (Å²) in [4.78, 5) is 4.10. The number of nitrogens with zero attached hydrogens (tertiary/aromatic N) is 1. The average Bonchev–Trinajstić information content (AvgIpc) is 2.38. The largest absolute Gasteiger partial charge is 0.388 e. The predicted octanol–water partition coefficient (Wildman–Crippen LogP) is 3.41. The van der Waals surface area contributed by atoms with Crippen LogP contribution in [0.2, 0.25) is 0 Å². The van der Waals surface area contributed by atoms with Gasteiger partial charge < -0.3 is 5.11 Å². The van der Waals surface area contributed by atoms with Crippen molar-refractivity contribution in [1.82, 2.24) is 4.98 Å². The molecule has 0 spiro atoms. The molecule has 3 heteroatoms. The van der Waals surface area contributed by atoms with Crippen molar-refractivity contribution in [2.75, 3.05) is 12.0 Å². The molecule has 1 unspecified atom stereocenters. The molecule has 0 amide bonds. The summed E-state index contributed by atoms with van der Waals surface area (Å²) in [5.41, 5.74) is 1.02. The van der Waals surface area contributed by atoms with Crippen molar-refractivity contribution in [2.24, 2.45) is 0 Å². The van der Waals surface area contributed by atoms with Gasteiger partial charge in [0.2, 0.25) is 0 Å². The lowest BCUT2D eigenvalue weighted by atomic mass is 9.99. The van der Waals surface area contributed by atoms with Gasteiger partial charge in [-0.15, -0.1) is 0 Å². The fourth-order valence-electron chi connectivity index (χ4n) is 2.01. The molecule has 1 atom stereocenters. The molecule has 0 aliphatic carbocycles. The second kappa shape index (κ2) is 6.03. The summed E-state index contributed by atoms with van der Waals surface area (Å²) in [6, 6.07) is 7.99. The SMILES string of the molecule is CSCCCC(O)c1cccc2cnccc12. The minimum Gasteiger partial charge on any atom is -0.388 e. The highest BCUT2D eigenvalue weighted by molar-refractivity contribution is 7.98. The highest BCUT2D eigenvalue weighted by Crippen LogP contribution is 2.26. The van der Waals surface area contributed by atoms with E-state index >= 15 is 0 Å². The smallest absolute Gasteiger partial charge is 0.0796 e. The Kier molecular flexibility index (Phi) is 4.40. The van der Waals surface area contributed by atoms with Crippen molar-refractivity contribution in [1.29, 1.82) is 0 Å². The first-order valence-corrected chi connectivity index (χ1v) is 7.22. The van der Waals surface area contributed by atoms with Crippen molar-refractivity contribution >= 4 is 22.5 Å². The maximum absolute atomic E-state index is 10.2. The van der Waals surface area contributed by atoms with E-state index in [1.54, 1.807) is 6.20 Å². The Balaban J connectivity index is 2.22. The van der Waals surface area contributed by atoms with Gasteiger partial charge in [0, 0.05) is 17.8 Å². The van der Waals surface area contributed by atoms with Gasteiger partial charge in [-0.2, -0.15) is 11.8 Å². The molecule has 0 aliphatic rings. The lowest BCUT2D eigenvalue weighted by Crippen LogP contribution is -1.99. The molecule has 0 saturated carbocycles. The first-order valence-electron chi connectivity index (χ1n) is 5.82. The second-order valence-electron chi connectivity index (χ2n) is 4.09. The third-order valence-corrected chi connectivity index (χ3v) is 3.60. The standard InChI is InChI=1S/C14H17NOS/c1-17-9-3-6-14(16)13-5-2-4-11-10-15-8-7-12(11)13/h2,4-5,7-8,10,14,16H,3,6,9H2,1H3. The number of aromatic nitrogens is 1. The molecule has 2 rings (SSSR count). The van der Waals surface area contributed by atoms with Crippen molar-refractivity contribution < 1.29 is 5.11 Å². The summed E-state index contributed by atoms with van der Waals surface area (Å²) in [6.45, 7) is 0. The molecule has 2 aromatic rings. The van der Waals surface area contributed by atoms with E-state index in [0.29, 0.717) is 0 Å². The van der Waals surface area contributed by atoms with E-state index < -0.39 is 0 Å². The molecule has 17 heavy (non-hydrogen) atoms. The third-order valence-electron chi connectivity index (χ3n) is 2.90. The van der Waals surface area contributed by atoms with Gasteiger partial charge in [-0.3, -0.25) is 4.98 Å². The Hall–Kier alpha value is -1.06. The number of thioether (sulfide) groups is 1. The van der Waals surface area contributed by atoms with Crippen LogP contribution in [0.5, 0.6) is 0 Å². The van der Waals surface area contributed by atoms with Gasteiger partial charge in [0.1, 0.15) is 0 Å². The summed E-state index contributed by atoms with van der Waals surface area (Å²) in [6.07, 6.45) is 7.21. The molecular weight excluding hydrogens is 230 g/mol. The van der Waals surface area contributed by atoms with Crippen LogP contribution in [-0.2, 0) is 0 Å². The molecule has 0 saturated heterocycles. The molecule has 1 aromatic heterocycles. The number of fused-ring (bicyclic) bond motifs is 1. The van der Waals surface area contributed by atoms with Crippen LogP contribution < -0.4 is 0 Å². The Morgan fingerprint density at radius 3 is 3.06 bits per heavy atom. The Morgan fingerprint density at radius 1 is 1.35 bits per heavy atom. The Morgan fingerprint density at radius 2 is 2.24 bits per heavy atom. The third kappa shape index (κ3) is 2.99. The number of pyridine rings is 1. The zero-order valence-corrected chi connectivity index (χ0v) is 10.8. The van der Waals surface area contributed by atoms with Crippen molar-refractivity contribution in [3.63, 3.8) is 0 Å². The Labute approximate surface area is 106 Å². The number of benzene rings is 1. The lowest BCUT2D eigenvalue weighted by molar-refractivity contribution is 0.168. The van der Waals surface area contributed by atoms with Crippen LogP contribution in [0.15, 0.2) is 36.7 Å². The zero-order chi connectivity index (χ0) is 12.1. The van der Waals surface area contributed by atoms with E-state index in [1.165, 1.54) is 0 Å². The number of rotatable bonds is 5. The molecule has 0 radical (unpaired) electrons. The number of hydrogen-bond donors (Lipinski definition) is 1. The second-order valence-corrected chi connectivity index (χ2v) is 5.08. The molecule has 1 heterocycles. The van der Waals surface area contributed by atoms with Gasteiger partial charge in [0.05, 0.1) is 6.10 Å². The summed E-state index contributed by atoms with van der Waals surface area (Å²) < 4.78 is 0. The highest BCUT2D eigenvalue weighted by Gasteiger charge is 2.10. The fraction of sp³-hybridized carbons (Fsp3) is 0.357. The van der Waals surface area contributed by atoms with E-state index in [1.807, 2.05) is 42.2 Å². The topological polar surface area (TPSA) is 33.1 Å². The van der Waals surface area contributed by atoms with Crippen LogP contribution in [0.4, 0.5) is 0 Å². The molecule has 1 N–H and O–H groups in total. The number of hydrogen-bond acceptors (Lipinski definition) is 3. The summed E-state index contributed by atoms with van der Waals surface area (Å²) >= 11 is 1.82. The van der Waals surface area contributed by atoms with Crippen LogP contribution in [0.1, 0.15) is 24.5 Å². The zero-order valence-electron chi connectivity index (χ0n) is 9.97. The lowest BCUT2D eigenvalue weighted by Gasteiger charge is -2.13. The number of aliphatic hydroxyl groups is 1. The van der Waals surface area contributed by atoms with Crippen LogP contribution in [0, 0.1) is 0 Å². The van der Waals surface area contributed by atoms with E-state index in [-0.39, 0.29) is 6.10 Å². The fourth-order valence-corrected chi connectivity index (χ4v) is 2.47. The minimum atomic E-state index is -0.367. The minimum absolute atomic E-state index is 0.367. The molecule has 2 nitrogen and oxygen atoms in total. The van der Waals surface area contributed by atoms with E-state index in [9.17, 15) is 5.11 Å². The van der Waals surface area contributed by atoms with E-state index in [0.717, 1.165) is 34.9 Å². The maximum Gasteiger partial charge on any atom is 0.0796 e. The maximum atomic E-state index is 10.2. The van der Waals surface area contributed by atoms with Crippen LogP contribution >= 0.6 is 11.8 Å². The number of aliphatic hydroxyl groups excluding tert-OH is 1. The summed E-state index contributed by atoms with van der Waals surface area (Å²) in [7, 11) is 0. The van der Waals surface area contributed by atoms with Crippen molar-refractivity contribution in [3.8, 4) is 0 Å². The molecule has 1 aromatic carbocycles. The Bertz CT molecular complexity index is 481. The normalized spacial score (nSPS) is 12.8. The van der Waals surface area contributed by atoms with Gasteiger partial charge in [-0.1, -0.05) is 18.2 Å². The van der Waals surface area contributed by atoms with Gasteiger partial charge in [-0.25, -0.2) is 0 Å². The average molecular weight is 247 g/mol. The molecule has 0 aliphatic heterocycles. The quantitative estimate of drug-likeness (QED) is 0.822. The van der Waals surface area contributed by atoms with Crippen LogP contribution in [0.3, 0.4) is 0 Å². The van der Waals surface area contributed by atoms with Gasteiger partial charge in [0.25, 0.3) is 0 Å². The highest BCUT2D eigenvalue weighted by atomic mass is 32.2. The van der Waals surface area contributed by atoms with Crippen molar-refractivity contribution in [3.05, 3.63) is 42.2 Å². The van der Waals surface area contributed by atoms with Gasteiger partial charge >= 0.3 is 0 Å². The summed E-state index contributed by atoms with van der Waals surface area (Å²) in [5, 5.41) is 12.4. The van der Waals surface area contributed by atoms with Crippen LogP contribution in [0.25, 0.3) is 10.8 Å². The first kappa shape index (κ1) is 12.4. The van der Waals surface area contributed by atoms with E-state index in [2.05, 4.69) is 11.2 Å². The monoisotopic (exact) mass is 247 g/mol. The van der Waals surface area contributed by atoms with Crippen LogP contribution in [-0.4, -0.2) is 22.1 Å².